The van der Waals surface area contributed by atoms with Gasteiger partial charge in [-0.05, 0) is 42.9 Å². The van der Waals surface area contributed by atoms with Crippen molar-refractivity contribution < 1.29 is 9.90 Å². The summed E-state index contributed by atoms with van der Waals surface area (Å²) in [7, 11) is 1.71. The average molecular weight is 270 g/mol. The number of hydrogen-bond donors (Lipinski definition) is 2. The van der Waals surface area contributed by atoms with Crippen molar-refractivity contribution >= 4 is 6.03 Å². The van der Waals surface area contributed by atoms with Gasteiger partial charge in [0.2, 0.25) is 0 Å². The Bertz CT molecular complexity index is 278. The molecule has 0 saturated heterocycles. The molecule has 2 N–H and O–H groups in total. The van der Waals surface area contributed by atoms with Gasteiger partial charge in [0.15, 0.2) is 0 Å². The predicted molar refractivity (Wildman–Crippen MR) is 78.0 cm³/mol. The number of nitrogens with zero attached hydrogens (tertiary/aromatic N) is 1. The van der Waals surface area contributed by atoms with Crippen LogP contribution in [0.2, 0.25) is 0 Å². The van der Waals surface area contributed by atoms with E-state index in [0.29, 0.717) is 17.9 Å². The van der Waals surface area contributed by atoms with E-state index in [9.17, 15) is 4.79 Å². The number of urea groups is 1. The van der Waals surface area contributed by atoms with Gasteiger partial charge in [0.05, 0.1) is 6.61 Å². The number of amides is 2. The highest BCUT2D eigenvalue weighted by atomic mass is 16.3. The molecule has 4 nitrogen and oxygen atoms in total. The maximum atomic E-state index is 11.7. The Balaban J connectivity index is 2.25. The summed E-state index contributed by atoms with van der Waals surface area (Å²) in [5.41, 5.74) is 0.412. The van der Waals surface area contributed by atoms with Crippen molar-refractivity contribution in [1.29, 1.82) is 0 Å². The molecule has 19 heavy (non-hydrogen) atoms. The van der Waals surface area contributed by atoms with Gasteiger partial charge >= 0.3 is 6.03 Å². The van der Waals surface area contributed by atoms with Crippen LogP contribution in [0, 0.1) is 17.3 Å². The Hall–Kier alpha value is -0.770. The fourth-order valence-electron chi connectivity index (χ4n) is 2.85. The maximum absolute atomic E-state index is 11.7. The standard InChI is InChI=1S/C15H30N2O2/c1-15(2,3)13-7-5-12(6-8-13)11-16-14(19)17(4)9-10-18/h12-13,18H,5-11H2,1-4H3,(H,16,19). The third-order valence-electron chi connectivity index (χ3n) is 4.40. The van der Waals surface area contributed by atoms with Crippen LogP contribution in [0.4, 0.5) is 4.79 Å². The Kier molecular flexibility index (Phi) is 6.11. The SMILES string of the molecule is CN(CCO)C(=O)NCC1CCC(C(C)(C)C)CC1. The minimum atomic E-state index is -0.0769. The molecular formula is C15H30N2O2. The third kappa shape index (κ3) is 5.39. The van der Waals surface area contributed by atoms with Crippen molar-refractivity contribution in [1.82, 2.24) is 10.2 Å². The van der Waals surface area contributed by atoms with Crippen molar-refractivity contribution in [3.05, 3.63) is 0 Å². The Morgan fingerprint density at radius 2 is 1.84 bits per heavy atom. The third-order valence-corrected chi connectivity index (χ3v) is 4.40. The van der Waals surface area contributed by atoms with Crippen LogP contribution in [0.3, 0.4) is 0 Å². The second-order valence-corrected chi connectivity index (χ2v) is 6.91. The smallest absolute Gasteiger partial charge is 0.317 e. The molecule has 0 heterocycles. The quantitative estimate of drug-likeness (QED) is 0.824. The molecule has 1 saturated carbocycles. The number of likely N-dealkylation sites (N-methyl/N-ethyl adjacent to an activating group) is 1. The second-order valence-electron chi connectivity index (χ2n) is 6.91. The zero-order valence-electron chi connectivity index (χ0n) is 12.9. The van der Waals surface area contributed by atoms with Gasteiger partial charge in [0.25, 0.3) is 0 Å². The lowest BCUT2D eigenvalue weighted by Gasteiger charge is -2.37. The number of aliphatic hydroxyl groups is 1. The molecule has 0 radical (unpaired) electrons. The number of rotatable bonds is 4. The molecule has 1 fully saturated rings. The van der Waals surface area contributed by atoms with Gasteiger partial charge in [-0.3, -0.25) is 0 Å². The zero-order chi connectivity index (χ0) is 14.5. The molecule has 0 atom stereocenters. The van der Waals surface area contributed by atoms with Gasteiger partial charge in [0.1, 0.15) is 0 Å². The molecular weight excluding hydrogens is 240 g/mol. The first-order valence-electron chi connectivity index (χ1n) is 7.44. The van der Waals surface area contributed by atoms with Crippen molar-refractivity contribution in [2.24, 2.45) is 17.3 Å². The topological polar surface area (TPSA) is 52.6 Å². The second kappa shape index (κ2) is 7.13. The van der Waals surface area contributed by atoms with Gasteiger partial charge in [-0.15, -0.1) is 0 Å². The van der Waals surface area contributed by atoms with Gasteiger partial charge in [-0.2, -0.15) is 0 Å². The van der Waals surface area contributed by atoms with E-state index in [1.165, 1.54) is 30.6 Å². The van der Waals surface area contributed by atoms with Crippen LogP contribution in [0.25, 0.3) is 0 Å². The van der Waals surface area contributed by atoms with Gasteiger partial charge < -0.3 is 15.3 Å². The Morgan fingerprint density at radius 1 is 1.26 bits per heavy atom. The molecule has 0 spiro atoms. The minimum Gasteiger partial charge on any atom is -0.395 e. The summed E-state index contributed by atoms with van der Waals surface area (Å²) in [6, 6.07) is -0.0769. The molecule has 0 aromatic carbocycles. The molecule has 0 aromatic rings. The van der Waals surface area contributed by atoms with E-state index in [4.69, 9.17) is 5.11 Å². The summed E-state index contributed by atoms with van der Waals surface area (Å²) < 4.78 is 0. The molecule has 1 aliphatic carbocycles. The first kappa shape index (κ1) is 16.3. The lowest BCUT2D eigenvalue weighted by Crippen LogP contribution is -2.41. The average Bonchev–Trinajstić information content (AvgIpc) is 2.35. The zero-order valence-corrected chi connectivity index (χ0v) is 12.9. The van der Waals surface area contributed by atoms with Gasteiger partial charge in [-0.25, -0.2) is 4.79 Å². The molecule has 0 unspecified atom stereocenters. The van der Waals surface area contributed by atoms with E-state index in [1.54, 1.807) is 7.05 Å². The molecule has 0 bridgehead atoms. The molecule has 1 aliphatic rings. The minimum absolute atomic E-state index is 0.0145. The van der Waals surface area contributed by atoms with Crippen LogP contribution in [0.15, 0.2) is 0 Å². The van der Waals surface area contributed by atoms with E-state index in [2.05, 4.69) is 26.1 Å². The summed E-state index contributed by atoms with van der Waals surface area (Å²) in [5.74, 6) is 1.43. The lowest BCUT2D eigenvalue weighted by atomic mass is 9.70. The number of hydrogen-bond acceptors (Lipinski definition) is 2. The molecule has 112 valence electrons. The summed E-state index contributed by atoms with van der Waals surface area (Å²) >= 11 is 0. The van der Waals surface area contributed by atoms with Crippen molar-refractivity contribution in [3.63, 3.8) is 0 Å². The number of carbonyl (C=O) groups is 1. The Morgan fingerprint density at radius 3 is 2.32 bits per heavy atom. The maximum Gasteiger partial charge on any atom is 0.317 e. The highest BCUT2D eigenvalue weighted by Gasteiger charge is 2.29. The normalized spacial score (nSPS) is 24.1. The van der Waals surface area contributed by atoms with E-state index in [1.807, 2.05) is 0 Å². The fourth-order valence-corrected chi connectivity index (χ4v) is 2.85. The van der Waals surface area contributed by atoms with Gasteiger partial charge in [-0.1, -0.05) is 20.8 Å². The summed E-state index contributed by atoms with van der Waals surface area (Å²) in [5, 5.41) is 11.8. The fraction of sp³-hybridized carbons (Fsp3) is 0.933. The number of carbonyl (C=O) groups excluding carboxylic acids is 1. The molecule has 0 aromatic heterocycles. The first-order valence-corrected chi connectivity index (χ1v) is 7.44. The summed E-state index contributed by atoms with van der Waals surface area (Å²) in [6.07, 6.45) is 4.98. The van der Waals surface area contributed by atoms with Crippen molar-refractivity contribution in [3.8, 4) is 0 Å². The summed E-state index contributed by atoms with van der Waals surface area (Å²) in [4.78, 5) is 13.2. The van der Waals surface area contributed by atoms with Crippen LogP contribution in [-0.2, 0) is 0 Å². The summed E-state index contributed by atoms with van der Waals surface area (Å²) in [6.45, 7) is 8.14. The van der Waals surface area contributed by atoms with Gasteiger partial charge in [0, 0.05) is 20.1 Å². The van der Waals surface area contributed by atoms with E-state index < -0.39 is 0 Å². The van der Waals surface area contributed by atoms with Crippen LogP contribution in [0.1, 0.15) is 46.5 Å². The monoisotopic (exact) mass is 270 g/mol. The predicted octanol–water partition coefficient (Wildman–Crippen LogP) is 2.47. The largest absolute Gasteiger partial charge is 0.395 e. The van der Waals surface area contributed by atoms with E-state index >= 15 is 0 Å². The Labute approximate surface area is 117 Å². The van der Waals surface area contributed by atoms with E-state index in [-0.39, 0.29) is 12.6 Å². The van der Waals surface area contributed by atoms with E-state index in [0.717, 1.165) is 12.5 Å². The number of aliphatic hydroxyl groups excluding tert-OH is 1. The van der Waals surface area contributed by atoms with Crippen LogP contribution in [0.5, 0.6) is 0 Å². The van der Waals surface area contributed by atoms with Crippen LogP contribution < -0.4 is 5.32 Å². The lowest BCUT2D eigenvalue weighted by molar-refractivity contribution is 0.146. The molecule has 1 rings (SSSR count). The highest BCUT2D eigenvalue weighted by Crippen LogP contribution is 2.39. The highest BCUT2D eigenvalue weighted by molar-refractivity contribution is 5.73. The van der Waals surface area contributed by atoms with Crippen molar-refractivity contribution in [2.45, 2.75) is 46.5 Å². The van der Waals surface area contributed by atoms with Crippen LogP contribution in [-0.4, -0.2) is 42.8 Å². The molecule has 0 aliphatic heterocycles. The first-order chi connectivity index (χ1) is 8.84. The number of nitrogens with one attached hydrogen (secondary N) is 1. The van der Waals surface area contributed by atoms with Crippen molar-refractivity contribution in [2.75, 3.05) is 26.7 Å². The molecule has 2 amide bonds. The van der Waals surface area contributed by atoms with Crippen LogP contribution >= 0.6 is 0 Å². The molecule has 4 heteroatoms.